The van der Waals surface area contributed by atoms with E-state index in [1.165, 1.54) is 4.90 Å². The van der Waals surface area contributed by atoms with Crippen molar-refractivity contribution in [2.45, 2.75) is 39.5 Å². The molecule has 2 aromatic carbocycles. The van der Waals surface area contributed by atoms with Crippen LogP contribution in [0.4, 0.5) is 0 Å². The second kappa shape index (κ2) is 10.3. The van der Waals surface area contributed by atoms with Crippen LogP contribution in [0.15, 0.2) is 59.1 Å². The van der Waals surface area contributed by atoms with E-state index in [1.807, 2.05) is 75.4 Å². The van der Waals surface area contributed by atoms with Crippen LogP contribution in [0.3, 0.4) is 0 Å². The van der Waals surface area contributed by atoms with Gasteiger partial charge in [0.2, 0.25) is 5.91 Å². The number of rotatable bonds is 8. The molecule has 29 heavy (non-hydrogen) atoms. The number of hydrogen-bond acceptors (Lipinski definition) is 4. The smallest absolute Gasteiger partial charge is 0.246 e. The lowest BCUT2D eigenvalue weighted by molar-refractivity contribution is -0.205. The standard InChI is InChI=1S/C23H31BrN2O3/c1-23(2,3)20(16-29-15-17-9-7-6-8-10-17)26(28)21(22(27)25(4)5)18-11-13-19(24)14-12-18/h6-14,20-21,28H,15-16H2,1-5H3/t20-,21-/m0/s1. The lowest BCUT2D eigenvalue weighted by Gasteiger charge is -2.40. The number of hydrogen-bond donors (Lipinski definition) is 1. The SMILES string of the molecule is CN(C)C(=O)[C@H](c1ccc(Br)cc1)N(O)[C@@H](COCc1ccccc1)C(C)(C)C. The zero-order chi connectivity index (χ0) is 21.6. The Labute approximate surface area is 182 Å². The Morgan fingerprint density at radius 3 is 2.17 bits per heavy atom. The maximum Gasteiger partial charge on any atom is 0.246 e. The average molecular weight is 463 g/mol. The van der Waals surface area contributed by atoms with Crippen LogP contribution < -0.4 is 0 Å². The lowest BCUT2D eigenvalue weighted by Crippen LogP contribution is -2.50. The van der Waals surface area contributed by atoms with Gasteiger partial charge in [-0.05, 0) is 28.7 Å². The Hall–Kier alpha value is -1.73. The van der Waals surface area contributed by atoms with Gasteiger partial charge in [-0.25, -0.2) is 0 Å². The molecule has 0 bridgehead atoms. The third-order valence-corrected chi connectivity index (χ3v) is 5.36. The minimum absolute atomic E-state index is 0.188. The molecule has 0 saturated carbocycles. The van der Waals surface area contributed by atoms with Crippen LogP contribution >= 0.6 is 15.9 Å². The van der Waals surface area contributed by atoms with Crippen LogP contribution in [0.1, 0.15) is 37.9 Å². The van der Waals surface area contributed by atoms with E-state index in [4.69, 9.17) is 4.74 Å². The number of halogens is 1. The molecule has 0 fully saturated rings. The Morgan fingerprint density at radius 1 is 1.07 bits per heavy atom. The first-order valence-electron chi connectivity index (χ1n) is 9.66. The molecule has 0 unspecified atom stereocenters. The molecule has 0 heterocycles. The molecule has 1 N–H and O–H groups in total. The Bertz CT molecular complexity index is 773. The van der Waals surface area contributed by atoms with E-state index in [-0.39, 0.29) is 17.4 Å². The number of carbonyl (C=O) groups is 1. The fourth-order valence-corrected chi connectivity index (χ4v) is 3.33. The summed E-state index contributed by atoms with van der Waals surface area (Å²) < 4.78 is 6.86. The van der Waals surface area contributed by atoms with Crippen LogP contribution in [0.5, 0.6) is 0 Å². The van der Waals surface area contributed by atoms with Gasteiger partial charge in [0.1, 0.15) is 6.04 Å². The number of hydroxylamine groups is 2. The van der Waals surface area contributed by atoms with Gasteiger partial charge < -0.3 is 14.8 Å². The van der Waals surface area contributed by atoms with Gasteiger partial charge >= 0.3 is 0 Å². The number of amides is 1. The molecule has 0 aliphatic rings. The summed E-state index contributed by atoms with van der Waals surface area (Å²) in [6, 6.07) is 16.2. The van der Waals surface area contributed by atoms with E-state index in [2.05, 4.69) is 15.9 Å². The molecule has 0 radical (unpaired) electrons. The second-order valence-corrected chi connectivity index (χ2v) is 9.36. The van der Waals surface area contributed by atoms with E-state index >= 15 is 0 Å². The summed E-state index contributed by atoms with van der Waals surface area (Å²) in [6.45, 7) is 6.84. The van der Waals surface area contributed by atoms with Crippen LogP contribution in [0, 0.1) is 5.41 Å². The van der Waals surface area contributed by atoms with Crippen molar-refractivity contribution in [3.05, 3.63) is 70.2 Å². The van der Waals surface area contributed by atoms with Crippen molar-refractivity contribution in [2.24, 2.45) is 5.41 Å². The summed E-state index contributed by atoms with van der Waals surface area (Å²) in [5.41, 5.74) is 1.48. The van der Waals surface area contributed by atoms with Crippen molar-refractivity contribution in [3.8, 4) is 0 Å². The zero-order valence-electron chi connectivity index (χ0n) is 17.8. The first kappa shape index (κ1) is 23.5. The molecule has 2 rings (SSSR count). The van der Waals surface area contributed by atoms with Gasteiger partial charge in [-0.15, -0.1) is 0 Å². The van der Waals surface area contributed by atoms with E-state index in [0.29, 0.717) is 13.2 Å². The number of benzene rings is 2. The van der Waals surface area contributed by atoms with Gasteiger partial charge in [0.15, 0.2) is 0 Å². The topological polar surface area (TPSA) is 53.0 Å². The van der Waals surface area contributed by atoms with Gasteiger partial charge in [-0.2, -0.15) is 5.06 Å². The molecule has 5 nitrogen and oxygen atoms in total. The Morgan fingerprint density at radius 2 is 1.66 bits per heavy atom. The monoisotopic (exact) mass is 462 g/mol. The first-order chi connectivity index (χ1) is 13.6. The molecule has 158 valence electrons. The minimum atomic E-state index is -0.817. The molecule has 2 aromatic rings. The minimum Gasteiger partial charge on any atom is -0.375 e. The highest BCUT2D eigenvalue weighted by atomic mass is 79.9. The first-order valence-corrected chi connectivity index (χ1v) is 10.5. The molecule has 6 heteroatoms. The molecule has 0 aromatic heterocycles. The molecular weight excluding hydrogens is 432 g/mol. The van der Waals surface area contributed by atoms with E-state index in [9.17, 15) is 10.0 Å². The van der Waals surface area contributed by atoms with Crippen LogP contribution in [0.25, 0.3) is 0 Å². The third-order valence-electron chi connectivity index (χ3n) is 4.83. The van der Waals surface area contributed by atoms with Gasteiger partial charge in [0.05, 0.1) is 19.3 Å². The lowest BCUT2D eigenvalue weighted by atomic mass is 9.85. The molecular formula is C23H31BrN2O3. The average Bonchev–Trinajstić information content (AvgIpc) is 2.66. The van der Waals surface area contributed by atoms with Gasteiger partial charge in [0.25, 0.3) is 0 Å². The van der Waals surface area contributed by atoms with E-state index in [0.717, 1.165) is 20.7 Å². The molecule has 0 saturated heterocycles. The van der Waals surface area contributed by atoms with E-state index < -0.39 is 6.04 Å². The van der Waals surface area contributed by atoms with Gasteiger partial charge in [0, 0.05) is 18.6 Å². The fourth-order valence-electron chi connectivity index (χ4n) is 3.06. The van der Waals surface area contributed by atoms with Gasteiger partial charge in [-0.3, -0.25) is 4.79 Å². The van der Waals surface area contributed by atoms with Crippen molar-refractivity contribution >= 4 is 21.8 Å². The van der Waals surface area contributed by atoms with Crippen molar-refractivity contribution in [3.63, 3.8) is 0 Å². The summed E-state index contributed by atoms with van der Waals surface area (Å²) in [5.74, 6) is -0.188. The molecule has 0 aliphatic carbocycles. The van der Waals surface area contributed by atoms with Crippen molar-refractivity contribution in [1.29, 1.82) is 0 Å². The van der Waals surface area contributed by atoms with Crippen LogP contribution in [-0.2, 0) is 16.1 Å². The van der Waals surface area contributed by atoms with E-state index in [1.54, 1.807) is 14.1 Å². The quantitative estimate of drug-likeness (QED) is 0.566. The third kappa shape index (κ3) is 6.64. The number of nitrogens with zero attached hydrogens (tertiary/aromatic N) is 2. The largest absolute Gasteiger partial charge is 0.375 e. The summed E-state index contributed by atoms with van der Waals surface area (Å²) in [5, 5.41) is 12.4. The van der Waals surface area contributed by atoms with Crippen molar-refractivity contribution in [2.75, 3.05) is 20.7 Å². The highest BCUT2D eigenvalue weighted by Crippen LogP contribution is 2.32. The Kier molecular flexibility index (Phi) is 8.40. The number of carbonyl (C=O) groups excluding carboxylic acids is 1. The summed E-state index contributed by atoms with van der Waals surface area (Å²) in [7, 11) is 3.39. The number of likely N-dealkylation sites (N-methyl/N-ethyl adjacent to an activating group) is 1. The molecule has 0 spiro atoms. The molecule has 0 aliphatic heterocycles. The predicted molar refractivity (Wildman–Crippen MR) is 119 cm³/mol. The highest BCUT2D eigenvalue weighted by Gasteiger charge is 2.38. The second-order valence-electron chi connectivity index (χ2n) is 8.45. The van der Waals surface area contributed by atoms with Gasteiger partial charge in [-0.1, -0.05) is 79.2 Å². The summed E-state index contributed by atoms with van der Waals surface area (Å²) in [4.78, 5) is 14.5. The fraction of sp³-hybridized carbons (Fsp3) is 0.435. The summed E-state index contributed by atoms with van der Waals surface area (Å²) >= 11 is 3.42. The molecule has 1 amide bonds. The van der Waals surface area contributed by atoms with Crippen LogP contribution in [-0.4, -0.2) is 47.8 Å². The zero-order valence-corrected chi connectivity index (χ0v) is 19.4. The van der Waals surface area contributed by atoms with Crippen molar-refractivity contribution < 1.29 is 14.7 Å². The normalized spacial score (nSPS) is 13.9. The van der Waals surface area contributed by atoms with Crippen molar-refractivity contribution in [1.82, 2.24) is 9.96 Å². The Balaban J connectivity index is 2.25. The molecule has 2 atom stereocenters. The number of ether oxygens (including phenoxy) is 1. The van der Waals surface area contributed by atoms with Crippen LogP contribution in [0.2, 0.25) is 0 Å². The highest BCUT2D eigenvalue weighted by molar-refractivity contribution is 9.10. The predicted octanol–water partition coefficient (Wildman–Crippen LogP) is 4.90. The maximum atomic E-state index is 13.0. The summed E-state index contributed by atoms with van der Waals surface area (Å²) in [6.07, 6.45) is 0. The maximum absolute atomic E-state index is 13.0.